The molecule has 0 bridgehead atoms. The summed E-state index contributed by atoms with van der Waals surface area (Å²) in [5.41, 5.74) is 0.751. The Kier molecular flexibility index (Phi) is 6.75. The molecule has 2 rings (SSSR count). The fourth-order valence-corrected chi connectivity index (χ4v) is 4.77. The van der Waals surface area contributed by atoms with Crippen LogP contribution in [0.1, 0.15) is 53.4 Å². The SMILES string of the molecule is COC(=O)C1=C[C@H](CCCC2(C)OCCO2)[C@@H](O[Si](C)(C)C(C)(C)C)C1. The molecule has 0 N–H and O–H groups in total. The van der Waals surface area contributed by atoms with Gasteiger partial charge in [-0.05, 0) is 37.9 Å². The van der Waals surface area contributed by atoms with Crippen molar-refractivity contribution in [1.82, 2.24) is 0 Å². The highest BCUT2D eigenvalue weighted by Gasteiger charge is 2.43. The molecule has 0 radical (unpaired) electrons. The molecule has 0 spiro atoms. The van der Waals surface area contributed by atoms with Crippen LogP contribution >= 0.6 is 0 Å². The minimum atomic E-state index is -1.90. The molecule has 0 aromatic carbocycles. The van der Waals surface area contributed by atoms with Gasteiger partial charge >= 0.3 is 5.97 Å². The molecular formula is C20H36O5Si. The summed E-state index contributed by atoms with van der Waals surface area (Å²) in [4.78, 5) is 12.0. The van der Waals surface area contributed by atoms with E-state index in [4.69, 9.17) is 18.6 Å². The molecule has 1 aliphatic carbocycles. The standard InChI is InChI=1S/C20H36O5Si/c1-19(2,3)26(6,7)25-17-14-16(18(21)22-5)13-15(17)9-8-10-20(4)23-11-12-24-20/h13,15,17H,8-12,14H2,1-7H3/t15-,17-/m0/s1. The predicted molar refractivity (Wildman–Crippen MR) is 104 cm³/mol. The fourth-order valence-electron chi connectivity index (χ4n) is 3.40. The zero-order chi connectivity index (χ0) is 19.6. The van der Waals surface area contributed by atoms with Gasteiger partial charge in [0.15, 0.2) is 14.1 Å². The average Bonchev–Trinajstić information content (AvgIpc) is 3.12. The predicted octanol–water partition coefficient (Wildman–Crippen LogP) is 4.43. The Morgan fingerprint density at radius 3 is 2.46 bits per heavy atom. The van der Waals surface area contributed by atoms with Gasteiger partial charge in [0.2, 0.25) is 0 Å². The minimum absolute atomic E-state index is 0.0585. The van der Waals surface area contributed by atoms with E-state index in [1.807, 2.05) is 6.92 Å². The summed E-state index contributed by atoms with van der Waals surface area (Å²) in [7, 11) is -0.460. The molecule has 0 amide bonds. The van der Waals surface area contributed by atoms with Crippen LogP contribution in [0.25, 0.3) is 0 Å². The molecule has 0 unspecified atom stereocenters. The van der Waals surface area contributed by atoms with Gasteiger partial charge in [0.25, 0.3) is 0 Å². The fraction of sp³-hybridized carbons (Fsp3) is 0.850. The Hall–Kier alpha value is -0.693. The monoisotopic (exact) mass is 384 g/mol. The Labute approximate surface area is 159 Å². The zero-order valence-corrected chi connectivity index (χ0v) is 18.5. The van der Waals surface area contributed by atoms with Crippen molar-refractivity contribution in [1.29, 1.82) is 0 Å². The third kappa shape index (κ3) is 5.18. The first-order valence-corrected chi connectivity index (χ1v) is 12.6. The van der Waals surface area contributed by atoms with Crippen molar-refractivity contribution < 1.29 is 23.4 Å². The lowest BCUT2D eigenvalue weighted by Gasteiger charge is -2.40. The van der Waals surface area contributed by atoms with E-state index in [1.165, 1.54) is 7.11 Å². The van der Waals surface area contributed by atoms with E-state index in [1.54, 1.807) is 0 Å². The molecule has 6 heteroatoms. The summed E-state index contributed by atoms with van der Waals surface area (Å²) >= 11 is 0. The molecule has 0 aromatic rings. The van der Waals surface area contributed by atoms with Gasteiger partial charge in [0, 0.05) is 24.3 Å². The molecule has 1 saturated heterocycles. The van der Waals surface area contributed by atoms with E-state index in [9.17, 15) is 4.79 Å². The van der Waals surface area contributed by atoms with E-state index < -0.39 is 14.1 Å². The molecule has 150 valence electrons. The second kappa shape index (κ2) is 8.13. The smallest absolute Gasteiger partial charge is 0.333 e. The Balaban J connectivity index is 2.02. The average molecular weight is 385 g/mol. The largest absolute Gasteiger partial charge is 0.466 e. The van der Waals surface area contributed by atoms with Crippen LogP contribution in [0, 0.1) is 5.92 Å². The van der Waals surface area contributed by atoms with E-state index >= 15 is 0 Å². The quantitative estimate of drug-likeness (QED) is 0.480. The number of ether oxygens (including phenoxy) is 3. The van der Waals surface area contributed by atoms with Gasteiger partial charge in [-0.3, -0.25) is 0 Å². The highest BCUT2D eigenvalue weighted by molar-refractivity contribution is 6.74. The van der Waals surface area contributed by atoms with Gasteiger partial charge in [-0.2, -0.15) is 0 Å². The summed E-state index contributed by atoms with van der Waals surface area (Å²) in [6.07, 6.45) is 5.57. The highest BCUT2D eigenvalue weighted by Crippen LogP contribution is 2.42. The molecule has 2 atom stereocenters. The van der Waals surface area contributed by atoms with E-state index in [2.05, 4.69) is 39.9 Å². The molecular weight excluding hydrogens is 348 g/mol. The number of methoxy groups -OCH3 is 1. The van der Waals surface area contributed by atoms with Crippen LogP contribution in [-0.2, 0) is 23.4 Å². The summed E-state index contributed by atoms with van der Waals surface area (Å²) < 4.78 is 23.0. The maximum absolute atomic E-state index is 12.0. The normalized spacial score (nSPS) is 26.0. The molecule has 2 aliphatic rings. The van der Waals surface area contributed by atoms with Gasteiger partial charge in [-0.1, -0.05) is 26.8 Å². The minimum Gasteiger partial charge on any atom is -0.466 e. The Morgan fingerprint density at radius 1 is 1.31 bits per heavy atom. The first-order chi connectivity index (χ1) is 12.0. The number of carbonyl (C=O) groups excluding carboxylic acids is 1. The van der Waals surface area contributed by atoms with Gasteiger partial charge in [-0.25, -0.2) is 4.79 Å². The maximum Gasteiger partial charge on any atom is 0.333 e. The van der Waals surface area contributed by atoms with Crippen LogP contribution in [0.5, 0.6) is 0 Å². The number of hydrogen-bond acceptors (Lipinski definition) is 5. The summed E-state index contributed by atoms with van der Waals surface area (Å²) in [5, 5.41) is 0.143. The number of carbonyl (C=O) groups is 1. The molecule has 1 aliphatic heterocycles. The molecule has 0 aromatic heterocycles. The van der Waals surface area contributed by atoms with Crippen LogP contribution in [0.15, 0.2) is 11.6 Å². The van der Waals surface area contributed by atoms with Crippen molar-refractivity contribution in [2.75, 3.05) is 20.3 Å². The highest BCUT2D eigenvalue weighted by atomic mass is 28.4. The topological polar surface area (TPSA) is 54.0 Å². The van der Waals surface area contributed by atoms with Gasteiger partial charge in [-0.15, -0.1) is 0 Å². The molecule has 1 fully saturated rings. The Morgan fingerprint density at radius 2 is 1.92 bits per heavy atom. The van der Waals surface area contributed by atoms with Crippen LogP contribution in [0.3, 0.4) is 0 Å². The van der Waals surface area contributed by atoms with Crippen LogP contribution in [0.2, 0.25) is 18.1 Å². The van der Waals surface area contributed by atoms with Gasteiger partial charge in [0.05, 0.1) is 26.4 Å². The summed E-state index contributed by atoms with van der Waals surface area (Å²) in [5.74, 6) is -0.447. The summed E-state index contributed by atoms with van der Waals surface area (Å²) in [6, 6.07) is 0. The van der Waals surface area contributed by atoms with E-state index in [0.29, 0.717) is 19.6 Å². The third-order valence-electron chi connectivity index (χ3n) is 6.08. The van der Waals surface area contributed by atoms with Crippen LogP contribution in [0.4, 0.5) is 0 Å². The molecule has 0 saturated carbocycles. The van der Waals surface area contributed by atoms with E-state index in [0.717, 1.165) is 24.8 Å². The number of esters is 1. The van der Waals surface area contributed by atoms with Gasteiger partial charge < -0.3 is 18.6 Å². The van der Waals surface area contributed by atoms with Crippen LogP contribution < -0.4 is 0 Å². The van der Waals surface area contributed by atoms with E-state index in [-0.39, 0.29) is 23.0 Å². The van der Waals surface area contributed by atoms with Crippen molar-refractivity contribution in [3.8, 4) is 0 Å². The van der Waals surface area contributed by atoms with Crippen molar-refractivity contribution in [3.63, 3.8) is 0 Å². The first kappa shape index (κ1) is 21.6. The van der Waals surface area contributed by atoms with Crippen molar-refractivity contribution in [2.45, 2.75) is 83.4 Å². The second-order valence-corrected chi connectivity index (χ2v) is 13.9. The Bertz CT molecular complexity index is 529. The summed E-state index contributed by atoms with van der Waals surface area (Å²) in [6.45, 7) is 14.6. The van der Waals surface area contributed by atoms with Crippen LogP contribution in [-0.4, -0.2) is 46.5 Å². The van der Waals surface area contributed by atoms with Crippen molar-refractivity contribution >= 4 is 14.3 Å². The first-order valence-electron chi connectivity index (χ1n) is 9.72. The van der Waals surface area contributed by atoms with Crippen molar-refractivity contribution in [2.24, 2.45) is 5.92 Å². The zero-order valence-electron chi connectivity index (χ0n) is 17.5. The van der Waals surface area contributed by atoms with Gasteiger partial charge in [0.1, 0.15) is 0 Å². The molecule has 5 nitrogen and oxygen atoms in total. The third-order valence-corrected chi connectivity index (χ3v) is 10.6. The molecule has 1 heterocycles. The lowest BCUT2D eigenvalue weighted by molar-refractivity contribution is -0.148. The second-order valence-electron chi connectivity index (χ2n) is 9.19. The maximum atomic E-state index is 12.0. The lowest BCUT2D eigenvalue weighted by atomic mass is 9.97. The van der Waals surface area contributed by atoms with Crippen molar-refractivity contribution in [3.05, 3.63) is 11.6 Å². The number of hydrogen-bond donors (Lipinski definition) is 0. The molecule has 26 heavy (non-hydrogen) atoms. The lowest BCUT2D eigenvalue weighted by Crippen LogP contribution is -2.45. The number of rotatable bonds is 7.